The summed E-state index contributed by atoms with van der Waals surface area (Å²) in [6, 6.07) is 0. The van der Waals surface area contributed by atoms with Crippen LogP contribution in [0.25, 0.3) is 0 Å². The van der Waals surface area contributed by atoms with Crippen LogP contribution >= 0.6 is 0 Å². The lowest BCUT2D eigenvalue weighted by molar-refractivity contribution is -0.0869. The molecule has 3 heteroatoms. The molecule has 0 heterocycles. The molecular weight excluding hydrogens is 165 g/mol. The SMILES string of the molecule is FC1(F)CC[C]1C1(F)CCCC1. The van der Waals surface area contributed by atoms with E-state index in [2.05, 4.69) is 0 Å². The van der Waals surface area contributed by atoms with Gasteiger partial charge in [0.2, 0.25) is 0 Å². The molecule has 0 atom stereocenters. The van der Waals surface area contributed by atoms with E-state index in [-0.39, 0.29) is 12.3 Å². The maximum atomic E-state index is 13.7. The van der Waals surface area contributed by atoms with E-state index in [4.69, 9.17) is 0 Å². The van der Waals surface area contributed by atoms with E-state index < -0.39 is 11.6 Å². The van der Waals surface area contributed by atoms with E-state index in [0.717, 1.165) is 12.8 Å². The Balaban J connectivity index is 2.08. The van der Waals surface area contributed by atoms with Crippen LogP contribution in [0.4, 0.5) is 13.2 Å². The molecule has 0 spiro atoms. The molecule has 2 aliphatic rings. The van der Waals surface area contributed by atoms with Gasteiger partial charge in [-0.2, -0.15) is 0 Å². The molecular formula is C9H12F3. The summed E-state index contributed by atoms with van der Waals surface area (Å²) in [4.78, 5) is 0. The van der Waals surface area contributed by atoms with Crippen molar-refractivity contribution in [3.05, 3.63) is 5.92 Å². The summed E-state index contributed by atoms with van der Waals surface area (Å²) in [5, 5.41) is 0. The summed E-state index contributed by atoms with van der Waals surface area (Å²) < 4.78 is 39.4. The molecule has 0 aromatic rings. The highest BCUT2D eigenvalue weighted by Gasteiger charge is 2.60. The van der Waals surface area contributed by atoms with Crippen LogP contribution in [0.5, 0.6) is 0 Å². The van der Waals surface area contributed by atoms with Gasteiger partial charge in [0.15, 0.2) is 0 Å². The van der Waals surface area contributed by atoms with Crippen molar-refractivity contribution in [3.63, 3.8) is 0 Å². The Morgan fingerprint density at radius 2 is 1.50 bits per heavy atom. The summed E-state index contributed by atoms with van der Waals surface area (Å²) in [5.41, 5.74) is -1.61. The molecule has 12 heavy (non-hydrogen) atoms. The summed E-state index contributed by atoms with van der Waals surface area (Å²) >= 11 is 0. The number of halogens is 3. The number of hydrogen-bond acceptors (Lipinski definition) is 0. The van der Waals surface area contributed by atoms with Gasteiger partial charge in [0.1, 0.15) is 5.67 Å². The lowest BCUT2D eigenvalue weighted by Crippen LogP contribution is -2.48. The summed E-state index contributed by atoms with van der Waals surface area (Å²) in [7, 11) is 0. The van der Waals surface area contributed by atoms with Crippen molar-refractivity contribution in [2.24, 2.45) is 0 Å². The van der Waals surface area contributed by atoms with Gasteiger partial charge in [-0.25, -0.2) is 13.2 Å². The zero-order chi connectivity index (χ0) is 8.82. The van der Waals surface area contributed by atoms with Crippen molar-refractivity contribution in [2.75, 3.05) is 0 Å². The van der Waals surface area contributed by atoms with Gasteiger partial charge in [-0.3, -0.25) is 0 Å². The maximum absolute atomic E-state index is 13.7. The predicted octanol–water partition coefficient (Wildman–Crippen LogP) is 3.27. The molecule has 0 aromatic heterocycles. The van der Waals surface area contributed by atoms with Gasteiger partial charge in [-0.05, 0) is 19.3 Å². The van der Waals surface area contributed by atoms with Gasteiger partial charge in [0.05, 0.1) is 5.92 Å². The highest BCUT2D eigenvalue weighted by Crippen LogP contribution is 2.57. The first kappa shape index (κ1) is 8.39. The molecule has 0 aromatic carbocycles. The third-order valence-electron chi connectivity index (χ3n) is 3.07. The number of alkyl halides is 3. The predicted molar refractivity (Wildman–Crippen MR) is 39.7 cm³/mol. The van der Waals surface area contributed by atoms with Crippen molar-refractivity contribution in [2.45, 2.75) is 50.1 Å². The van der Waals surface area contributed by atoms with Gasteiger partial charge >= 0.3 is 0 Å². The third kappa shape index (κ3) is 1.05. The van der Waals surface area contributed by atoms with Gasteiger partial charge in [-0.1, -0.05) is 12.8 Å². The molecule has 0 amide bonds. The fourth-order valence-electron chi connectivity index (χ4n) is 2.23. The lowest BCUT2D eigenvalue weighted by atomic mass is 9.70. The fourth-order valence-corrected chi connectivity index (χ4v) is 2.23. The minimum atomic E-state index is -2.79. The largest absolute Gasteiger partial charge is 0.257 e. The Labute approximate surface area is 70.1 Å². The highest BCUT2D eigenvalue weighted by molar-refractivity contribution is 5.25. The van der Waals surface area contributed by atoms with Crippen molar-refractivity contribution >= 4 is 0 Å². The molecule has 1 radical (unpaired) electrons. The van der Waals surface area contributed by atoms with Crippen LogP contribution < -0.4 is 0 Å². The molecule has 0 bridgehead atoms. The molecule has 2 aliphatic carbocycles. The fraction of sp³-hybridized carbons (Fsp3) is 0.889. The summed E-state index contributed by atoms with van der Waals surface area (Å²) in [5.74, 6) is -2.91. The van der Waals surface area contributed by atoms with Crippen molar-refractivity contribution in [1.29, 1.82) is 0 Å². The first-order valence-corrected chi connectivity index (χ1v) is 4.48. The number of rotatable bonds is 1. The van der Waals surface area contributed by atoms with Crippen molar-refractivity contribution in [1.82, 2.24) is 0 Å². The molecule has 0 nitrogen and oxygen atoms in total. The molecule has 0 N–H and O–H groups in total. The van der Waals surface area contributed by atoms with E-state index >= 15 is 0 Å². The topological polar surface area (TPSA) is 0 Å². The zero-order valence-electron chi connectivity index (χ0n) is 6.88. The van der Waals surface area contributed by atoms with Crippen LogP contribution in [0.2, 0.25) is 0 Å². The van der Waals surface area contributed by atoms with Gasteiger partial charge in [0.25, 0.3) is 5.92 Å². The molecule has 0 unspecified atom stereocenters. The van der Waals surface area contributed by atoms with Crippen LogP contribution in [-0.2, 0) is 0 Å². The molecule has 2 saturated carbocycles. The highest BCUT2D eigenvalue weighted by atomic mass is 19.3. The second kappa shape index (κ2) is 2.39. The second-order valence-electron chi connectivity index (χ2n) is 3.86. The van der Waals surface area contributed by atoms with Crippen LogP contribution in [0.3, 0.4) is 0 Å². The average molecular weight is 177 g/mol. The maximum Gasteiger partial charge on any atom is 0.257 e. The molecule has 2 rings (SSSR count). The first-order valence-electron chi connectivity index (χ1n) is 4.48. The summed E-state index contributed by atoms with van der Waals surface area (Å²) in [6.45, 7) is 0. The Hall–Kier alpha value is -0.210. The third-order valence-corrected chi connectivity index (χ3v) is 3.07. The Morgan fingerprint density at radius 1 is 0.917 bits per heavy atom. The van der Waals surface area contributed by atoms with Gasteiger partial charge in [0, 0.05) is 6.42 Å². The van der Waals surface area contributed by atoms with Gasteiger partial charge < -0.3 is 0 Å². The normalized spacial score (nSPS) is 33.2. The second-order valence-corrected chi connectivity index (χ2v) is 3.86. The lowest BCUT2D eigenvalue weighted by Gasteiger charge is -2.42. The molecule has 2 fully saturated rings. The van der Waals surface area contributed by atoms with Crippen LogP contribution in [0.1, 0.15) is 38.5 Å². The van der Waals surface area contributed by atoms with E-state index in [1.165, 1.54) is 0 Å². The van der Waals surface area contributed by atoms with Crippen LogP contribution in [0.15, 0.2) is 0 Å². The van der Waals surface area contributed by atoms with Gasteiger partial charge in [-0.15, -0.1) is 0 Å². The van der Waals surface area contributed by atoms with Crippen molar-refractivity contribution in [3.8, 4) is 0 Å². The number of hydrogen-bond donors (Lipinski definition) is 0. The minimum absolute atomic E-state index is 0.118. The van der Waals surface area contributed by atoms with Crippen LogP contribution in [-0.4, -0.2) is 11.6 Å². The molecule has 0 aliphatic heterocycles. The Bertz CT molecular complexity index is 182. The first-order chi connectivity index (χ1) is 5.55. The minimum Gasteiger partial charge on any atom is -0.243 e. The molecule has 0 saturated heterocycles. The average Bonchev–Trinajstić information content (AvgIpc) is 2.34. The zero-order valence-corrected chi connectivity index (χ0v) is 6.88. The van der Waals surface area contributed by atoms with E-state index in [9.17, 15) is 13.2 Å². The van der Waals surface area contributed by atoms with E-state index in [0.29, 0.717) is 19.3 Å². The smallest absolute Gasteiger partial charge is 0.243 e. The van der Waals surface area contributed by atoms with E-state index in [1.54, 1.807) is 0 Å². The monoisotopic (exact) mass is 177 g/mol. The van der Waals surface area contributed by atoms with E-state index in [1.807, 2.05) is 0 Å². The molecule has 69 valence electrons. The Kier molecular flexibility index (Phi) is 1.67. The summed E-state index contributed by atoms with van der Waals surface area (Å²) in [6.07, 6.45) is 2.31. The quantitative estimate of drug-likeness (QED) is 0.576. The Morgan fingerprint density at radius 3 is 1.83 bits per heavy atom. The van der Waals surface area contributed by atoms with Crippen LogP contribution in [0, 0.1) is 5.92 Å². The van der Waals surface area contributed by atoms with Crippen molar-refractivity contribution < 1.29 is 13.2 Å². The standard InChI is InChI=1S/C9H12F3/c10-8(4-1-2-5-8)7-3-6-9(7,11)12/h1-6H2.